The number of carbonyl (C=O) groups excluding carboxylic acids is 1. The lowest BCUT2D eigenvalue weighted by atomic mass is 9.91. The van der Waals surface area contributed by atoms with Crippen molar-refractivity contribution in [2.75, 3.05) is 13.1 Å². The Hall–Kier alpha value is -0.930. The van der Waals surface area contributed by atoms with Gasteiger partial charge in [0.1, 0.15) is 11.6 Å². The summed E-state index contributed by atoms with van der Waals surface area (Å²) >= 11 is 5.92. The Bertz CT molecular complexity index is 424. The zero-order valence-corrected chi connectivity index (χ0v) is 11.7. The first-order chi connectivity index (χ1) is 9.16. The highest BCUT2D eigenvalue weighted by Crippen LogP contribution is 2.22. The van der Waals surface area contributed by atoms with Crippen molar-refractivity contribution in [1.82, 2.24) is 5.32 Å². The van der Waals surface area contributed by atoms with Crippen molar-refractivity contribution in [2.45, 2.75) is 32.1 Å². The fourth-order valence-corrected chi connectivity index (χ4v) is 2.75. The van der Waals surface area contributed by atoms with Crippen LogP contribution in [-0.2, 0) is 11.2 Å². The molecule has 4 heteroatoms. The number of hydrogen-bond acceptors (Lipinski definition) is 2. The molecule has 2 nitrogen and oxygen atoms in total. The number of halogens is 2. The lowest BCUT2D eigenvalue weighted by Gasteiger charge is -2.22. The Morgan fingerprint density at radius 1 is 1.37 bits per heavy atom. The SMILES string of the molecule is O=C(CCC1CCNCC1)Cc1c(F)cccc1Cl. The molecule has 0 atom stereocenters. The standard InChI is InChI=1S/C15H19ClFNO/c16-14-2-1-3-15(17)13(14)10-12(19)5-4-11-6-8-18-9-7-11/h1-3,11,18H,4-10H2. The van der Waals surface area contributed by atoms with E-state index in [4.69, 9.17) is 11.6 Å². The third-order valence-corrected chi connectivity index (χ3v) is 4.08. The molecule has 0 amide bonds. The summed E-state index contributed by atoms with van der Waals surface area (Å²) in [7, 11) is 0. The number of hydrogen-bond donors (Lipinski definition) is 1. The molecule has 0 aliphatic carbocycles. The highest BCUT2D eigenvalue weighted by molar-refractivity contribution is 6.31. The number of nitrogens with one attached hydrogen (secondary N) is 1. The number of rotatable bonds is 5. The molecule has 1 N–H and O–H groups in total. The molecular weight excluding hydrogens is 265 g/mol. The highest BCUT2D eigenvalue weighted by Gasteiger charge is 2.16. The molecule has 1 aliphatic rings. The largest absolute Gasteiger partial charge is 0.317 e. The quantitative estimate of drug-likeness (QED) is 0.898. The molecule has 104 valence electrons. The topological polar surface area (TPSA) is 29.1 Å². The second-order valence-electron chi connectivity index (χ2n) is 5.15. The minimum atomic E-state index is -0.386. The van der Waals surface area contributed by atoms with Crippen molar-refractivity contribution in [1.29, 1.82) is 0 Å². The van der Waals surface area contributed by atoms with Crippen molar-refractivity contribution >= 4 is 17.4 Å². The maximum atomic E-state index is 13.6. The van der Waals surface area contributed by atoms with Crippen molar-refractivity contribution < 1.29 is 9.18 Å². The van der Waals surface area contributed by atoms with E-state index < -0.39 is 0 Å². The molecule has 0 saturated carbocycles. The number of carbonyl (C=O) groups is 1. The van der Waals surface area contributed by atoms with Gasteiger partial charge in [0.05, 0.1) is 0 Å². The lowest BCUT2D eigenvalue weighted by Crippen LogP contribution is -2.28. The van der Waals surface area contributed by atoms with Crippen LogP contribution in [-0.4, -0.2) is 18.9 Å². The molecule has 19 heavy (non-hydrogen) atoms. The van der Waals surface area contributed by atoms with Crippen molar-refractivity contribution in [3.63, 3.8) is 0 Å². The molecule has 1 heterocycles. The van der Waals surface area contributed by atoms with E-state index in [1.165, 1.54) is 6.07 Å². The molecule has 1 aromatic rings. The molecule has 1 fully saturated rings. The second-order valence-corrected chi connectivity index (χ2v) is 5.55. The van der Waals surface area contributed by atoms with E-state index in [2.05, 4.69) is 5.32 Å². The van der Waals surface area contributed by atoms with Crippen molar-refractivity contribution in [3.8, 4) is 0 Å². The summed E-state index contributed by atoms with van der Waals surface area (Å²) < 4.78 is 13.6. The molecule has 1 aliphatic heterocycles. The zero-order valence-electron chi connectivity index (χ0n) is 10.9. The highest BCUT2D eigenvalue weighted by atomic mass is 35.5. The van der Waals surface area contributed by atoms with Gasteiger partial charge in [-0.3, -0.25) is 4.79 Å². The molecule has 0 aromatic heterocycles. The van der Waals surface area contributed by atoms with Crippen LogP contribution in [0.2, 0.25) is 5.02 Å². The van der Waals surface area contributed by atoms with E-state index in [0.29, 0.717) is 22.9 Å². The van der Waals surface area contributed by atoms with Gasteiger partial charge in [-0.05, 0) is 50.4 Å². The van der Waals surface area contributed by atoms with Crippen LogP contribution >= 0.6 is 11.6 Å². The summed E-state index contributed by atoms with van der Waals surface area (Å²) in [5, 5.41) is 3.65. The monoisotopic (exact) mass is 283 g/mol. The first-order valence-corrected chi connectivity index (χ1v) is 7.20. The Labute approximate surface area is 118 Å². The van der Waals surface area contributed by atoms with Gasteiger partial charge < -0.3 is 5.32 Å². The summed E-state index contributed by atoms with van der Waals surface area (Å²) in [6.07, 6.45) is 3.81. The van der Waals surface area contributed by atoms with E-state index in [1.807, 2.05) is 0 Å². The number of ketones is 1. The van der Waals surface area contributed by atoms with Gasteiger partial charge in [0.15, 0.2) is 0 Å². The predicted octanol–water partition coefficient (Wildman–Crippen LogP) is 3.37. The van der Waals surface area contributed by atoms with E-state index in [1.54, 1.807) is 12.1 Å². The maximum Gasteiger partial charge on any atom is 0.137 e. The van der Waals surface area contributed by atoms with E-state index in [0.717, 1.165) is 32.4 Å². The number of benzene rings is 1. The fourth-order valence-electron chi connectivity index (χ4n) is 2.52. The Morgan fingerprint density at radius 3 is 2.79 bits per heavy atom. The summed E-state index contributed by atoms with van der Waals surface area (Å²) in [6, 6.07) is 4.53. The normalized spacial score (nSPS) is 16.5. The summed E-state index contributed by atoms with van der Waals surface area (Å²) in [6.45, 7) is 2.08. The van der Waals surface area contributed by atoms with E-state index >= 15 is 0 Å². The first-order valence-electron chi connectivity index (χ1n) is 6.82. The van der Waals surface area contributed by atoms with Gasteiger partial charge >= 0.3 is 0 Å². The van der Waals surface area contributed by atoms with Crippen molar-refractivity contribution in [3.05, 3.63) is 34.6 Å². The number of Topliss-reactive ketones (excluding diaryl/α,β-unsaturated/α-hetero) is 1. The van der Waals surface area contributed by atoms with Gasteiger partial charge in [0.25, 0.3) is 0 Å². The molecule has 0 radical (unpaired) electrons. The van der Waals surface area contributed by atoms with Crippen molar-refractivity contribution in [2.24, 2.45) is 5.92 Å². The maximum absolute atomic E-state index is 13.6. The lowest BCUT2D eigenvalue weighted by molar-refractivity contribution is -0.118. The van der Waals surface area contributed by atoms with E-state index in [9.17, 15) is 9.18 Å². The first kappa shape index (κ1) is 14.5. The van der Waals surface area contributed by atoms with E-state index in [-0.39, 0.29) is 18.0 Å². The van der Waals surface area contributed by atoms with Crippen LogP contribution in [0.25, 0.3) is 0 Å². The van der Waals surface area contributed by atoms with Crippen LogP contribution in [0.5, 0.6) is 0 Å². The van der Waals surface area contributed by atoms with Gasteiger partial charge in [-0.15, -0.1) is 0 Å². The third-order valence-electron chi connectivity index (χ3n) is 3.73. The molecule has 0 spiro atoms. The molecule has 1 aromatic carbocycles. The summed E-state index contributed by atoms with van der Waals surface area (Å²) in [4.78, 5) is 11.9. The van der Waals surface area contributed by atoms with Gasteiger partial charge in [-0.1, -0.05) is 17.7 Å². The zero-order chi connectivity index (χ0) is 13.7. The van der Waals surface area contributed by atoms with Crippen LogP contribution < -0.4 is 5.32 Å². The van der Waals surface area contributed by atoms with Gasteiger partial charge in [0.2, 0.25) is 0 Å². The predicted molar refractivity (Wildman–Crippen MR) is 74.9 cm³/mol. The summed E-state index contributed by atoms with van der Waals surface area (Å²) in [5.74, 6) is 0.314. The molecule has 0 unspecified atom stereocenters. The van der Waals surface area contributed by atoms with Crippen LogP contribution in [0.3, 0.4) is 0 Å². The molecule has 0 bridgehead atoms. The Balaban J connectivity index is 1.83. The average Bonchev–Trinajstić information content (AvgIpc) is 2.42. The van der Waals surface area contributed by atoms with Crippen LogP contribution in [0.1, 0.15) is 31.2 Å². The van der Waals surface area contributed by atoms with Crippen LogP contribution in [0, 0.1) is 11.7 Å². The Kier molecular flexibility index (Phi) is 5.34. The second kappa shape index (κ2) is 7.01. The molecule has 1 saturated heterocycles. The molecule has 2 rings (SSSR count). The van der Waals surface area contributed by atoms with Gasteiger partial charge in [-0.2, -0.15) is 0 Å². The Morgan fingerprint density at radius 2 is 2.11 bits per heavy atom. The van der Waals surface area contributed by atoms with Crippen LogP contribution in [0.15, 0.2) is 18.2 Å². The summed E-state index contributed by atoms with van der Waals surface area (Å²) in [5.41, 5.74) is 0.333. The average molecular weight is 284 g/mol. The minimum Gasteiger partial charge on any atom is -0.317 e. The molecular formula is C15H19ClFNO. The van der Waals surface area contributed by atoms with Gasteiger partial charge in [0, 0.05) is 23.4 Å². The van der Waals surface area contributed by atoms with Gasteiger partial charge in [-0.25, -0.2) is 4.39 Å². The number of piperidine rings is 1. The smallest absolute Gasteiger partial charge is 0.137 e. The third kappa shape index (κ3) is 4.29. The minimum absolute atomic E-state index is 0.0746. The van der Waals surface area contributed by atoms with Crippen LogP contribution in [0.4, 0.5) is 4.39 Å². The fraction of sp³-hybridized carbons (Fsp3) is 0.533.